The highest BCUT2D eigenvalue weighted by Crippen LogP contribution is 2.32. The molecule has 0 unspecified atom stereocenters. The number of carbonyl (C=O) groups excluding carboxylic acids is 2. The minimum Gasteiger partial charge on any atom is -0.492 e. The Hall–Kier alpha value is -2.31. The van der Waals surface area contributed by atoms with Gasteiger partial charge in [-0.1, -0.05) is 30.3 Å². The fraction of sp³-hybridized carbons (Fsp3) is 0.125. The van der Waals surface area contributed by atoms with Gasteiger partial charge in [-0.3, -0.25) is 14.9 Å². The topological polar surface area (TPSA) is 81.4 Å². The molecule has 0 bridgehead atoms. The Morgan fingerprint density at radius 1 is 1.14 bits per heavy atom. The van der Waals surface area contributed by atoms with Crippen molar-refractivity contribution in [1.82, 2.24) is 5.32 Å². The molecular weight excluding hydrogens is 300 g/mol. The van der Waals surface area contributed by atoms with Crippen LogP contribution in [0.4, 0.5) is 4.79 Å². The molecule has 0 aromatic heterocycles. The maximum Gasteiger partial charge on any atom is 0.290 e. The molecule has 3 rings (SSSR count). The van der Waals surface area contributed by atoms with Crippen molar-refractivity contribution in [3.63, 3.8) is 0 Å². The van der Waals surface area contributed by atoms with Crippen molar-refractivity contribution in [3.05, 3.63) is 46.9 Å². The zero-order valence-corrected chi connectivity index (χ0v) is 12.5. The van der Waals surface area contributed by atoms with Crippen LogP contribution in [0.25, 0.3) is 16.8 Å². The molecule has 1 fully saturated rings. The Bertz CT molecular complexity index is 786. The van der Waals surface area contributed by atoms with Gasteiger partial charge in [0.15, 0.2) is 0 Å². The number of rotatable bonds is 4. The molecule has 112 valence electrons. The fourth-order valence-corrected chi connectivity index (χ4v) is 2.95. The van der Waals surface area contributed by atoms with E-state index in [-0.39, 0.29) is 11.1 Å². The van der Waals surface area contributed by atoms with Gasteiger partial charge in [-0.25, -0.2) is 0 Å². The number of hydrogen-bond acceptors (Lipinski definition) is 5. The first kappa shape index (κ1) is 14.6. The summed E-state index contributed by atoms with van der Waals surface area (Å²) in [5.74, 6) is 0.394. The van der Waals surface area contributed by atoms with Gasteiger partial charge in [0.1, 0.15) is 12.4 Å². The van der Waals surface area contributed by atoms with Crippen LogP contribution in [0.3, 0.4) is 0 Å². The number of imide groups is 1. The minimum absolute atomic E-state index is 0.344. The van der Waals surface area contributed by atoms with Crippen LogP contribution in [-0.4, -0.2) is 24.3 Å². The first-order valence-corrected chi connectivity index (χ1v) is 7.60. The van der Waals surface area contributed by atoms with Crippen LogP contribution in [0.15, 0.2) is 41.3 Å². The van der Waals surface area contributed by atoms with Crippen LogP contribution in [-0.2, 0) is 4.79 Å². The Kier molecular flexibility index (Phi) is 4.13. The van der Waals surface area contributed by atoms with Gasteiger partial charge in [0.2, 0.25) is 0 Å². The standard InChI is InChI=1S/C16H14N2O3S/c17-7-8-21-13-6-5-10(11-3-1-2-4-12(11)13)9-14-15(19)18-16(20)22-14/h1-6,9H,7-8,17H2,(H,18,19,20)/b14-9-. The summed E-state index contributed by atoms with van der Waals surface area (Å²) in [4.78, 5) is 23.3. The largest absolute Gasteiger partial charge is 0.492 e. The predicted octanol–water partition coefficient (Wildman–Crippen LogP) is 2.50. The molecule has 1 aliphatic rings. The summed E-state index contributed by atoms with van der Waals surface area (Å²) >= 11 is 0.909. The van der Waals surface area contributed by atoms with Gasteiger partial charge in [0.25, 0.3) is 11.1 Å². The van der Waals surface area contributed by atoms with Crippen LogP contribution in [0.5, 0.6) is 5.75 Å². The highest BCUT2D eigenvalue weighted by Gasteiger charge is 2.25. The lowest BCUT2D eigenvalue weighted by Crippen LogP contribution is -2.17. The van der Waals surface area contributed by atoms with Gasteiger partial charge in [-0.15, -0.1) is 0 Å². The summed E-state index contributed by atoms with van der Waals surface area (Å²) in [5.41, 5.74) is 6.34. The SMILES string of the molecule is NCCOc1ccc(/C=C2\SC(=O)NC2=O)c2ccccc12. The molecule has 0 saturated carbocycles. The second kappa shape index (κ2) is 6.21. The molecule has 1 saturated heterocycles. The van der Waals surface area contributed by atoms with Crippen LogP contribution >= 0.6 is 11.8 Å². The molecule has 1 heterocycles. The Morgan fingerprint density at radius 2 is 1.91 bits per heavy atom. The van der Waals surface area contributed by atoms with Crippen LogP contribution in [0.2, 0.25) is 0 Å². The summed E-state index contributed by atoms with van der Waals surface area (Å²) in [6.07, 6.45) is 1.72. The zero-order chi connectivity index (χ0) is 15.5. The number of amides is 2. The lowest BCUT2D eigenvalue weighted by atomic mass is 10.0. The summed E-state index contributed by atoms with van der Waals surface area (Å²) < 4.78 is 5.65. The van der Waals surface area contributed by atoms with E-state index in [1.807, 2.05) is 36.4 Å². The van der Waals surface area contributed by atoms with E-state index < -0.39 is 0 Å². The van der Waals surface area contributed by atoms with E-state index in [1.54, 1.807) is 6.08 Å². The molecule has 2 amide bonds. The molecule has 3 N–H and O–H groups in total. The van der Waals surface area contributed by atoms with Crippen molar-refractivity contribution >= 4 is 39.8 Å². The molecule has 5 nitrogen and oxygen atoms in total. The van der Waals surface area contributed by atoms with Crippen molar-refractivity contribution in [2.24, 2.45) is 5.73 Å². The van der Waals surface area contributed by atoms with E-state index in [0.717, 1.165) is 33.8 Å². The molecule has 0 radical (unpaired) electrons. The molecular formula is C16H14N2O3S. The van der Waals surface area contributed by atoms with Crippen LogP contribution in [0, 0.1) is 0 Å². The maximum absolute atomic E-state index is 11.7. The Balaban J connectivity index is 2.06. The number of nitrogens with one attached hydrogen (secondary N) is 1. The lowest BCUT2D eigenvalue weighted by Gasteiger charge is -2.10. The second-order valence-electron chi connectivity index (χ2n) is 4.69. The summed E-state index contributed by atoms with van der Waals surface area (Å²) in [6, 6.07) is 11.5. The molecule has 6 heteroatoms. The van der Waals surface area contributed by atoms with E-state index in [4.69, 9.17) is 10.5 Å². The zero-order valence-electron chi connectivity index (χ0n) is 11.7. The first-order chi connectivity index (χ1) is 10.7. The van der Waals surface area contributed by atoms with Crippen molar-refractivity contribution in [1.29, 1.82) is 0 Å². The number of ether oxygens (including phenoxy) is 1. The van der Waals surface area contributed by atoms with Crippen molar-refractivity contribution < 1.29 is 14.3 Å². The number of hydrogen-bond donors (Lipinski definition) is 2. The van der Waals surface area contributed by atoms with Crippen molar-refractivity contribution in [2.45, 2.75) is 0 Å². The molecule has 0 atom stereocenters. The summed E-state index contributed by atoms with van der Waals surface area (Å²) in [6.45, 7) is 0.885. The average Bonchev–Trinajstić information content (AvgIpc) is 2.84. The minimum atomic E-state index is -0.359. The third-order valence-electron chi connectivity index (χ3n) is 3.22. The Labute approximate surface area is 131 Å². The number of carbonyl (C=O) groups is 2. The molecule has 22 heavy (non-hydrogen) atoms. The summed E-state index contributed by atoms with van der Waals surface area (Å²) in [7, 11) is 0. The fourth-order valence-electron chi connectivity index (χ4n) is 2.28. The molecule has 1 aliphatic heterocycles. The molecule has 2 aromatic carbocycles. The maximum atomic E-state index is 11.7. The van der Waals surface area contributed by atoms with E-state index >= 15 is 0 Å². The van der Waals surface area contributed by atoms with Gasteiger partial charge >= 0.3 is 0 Å². The van der Waals surface area contributed by atoms with E-state index in [0.29, 0.717) is 18.1 Å². The van der Waals surface area contributed by atoms with E-state index in [9.17, 15) is 9.59 Å². The summed E-state index contributed by atoms with van der Waals surface area (Å²) in [5, 5.41) is 3.81. The van der Waals surface area contributed by atoms with Gasteiger partial charge < -0.3 is 10.5 Å². The van der Waals surface area contributed by atoms with E-state index in [1.165, 1.54) is 0 Å². The lowest BCUT2D eigenvalue weighted by molar-refractivity contribution is -0.115. The highest BCUT2D eigenvalue weighted by atomic mass is 32.2. The van der Waals surface area contributed by atoms with Crippen molar-refractivity contribution in [2.75, 3.05) is 13.2 Å². The first-order valence-electron chi connectivity index (χ1n) is 6.78. The molecule has 0 spiro atoms. The van der Waals surface area contributed by atoms with Gasteiger partial charge in [0.05, 0.1) is 4.91 Å². The van der Waals surface area contributed by atoms with Gasteiger partial charge in [-0.2, -0.15) is 0 Å². The number of fused-ring (bicyclic) bond motifs is 1. The third-order valence-corrected chi connectivity index (χ3v) is 4.03. The molecule has 2 aromatic rings. The second-order valence-corrected chi connectivity index (χ2v) is 5.70. The predicted molar refractivity (Wildman–Crippen MR) is 87.6 cm³/mol. The van der Waals surface area contributed by atoms with Crippen molar-refractivity contribution in [3.8, 4) is 5.75 Å². The number of thioether (sulfide) groups is 1. The van der Waals surface area contributed by atoms with Gasteiger partial charge in [-0.05, 0) is 34.9 Å². The van der Waals surface area contributed by atoms with E-state index in [2.05, 4.69) is 5.32 Å². The normalized spacial score (nSPS) is 16.3. The van der Waals surface area contributed by atoms with Crippen LogP contribution < -0.4 is 15.8 Å². The Morgan fingerprint density at radius 3 is 2.59 bits per heavy atom. The number of benzene rings is 2. The third kappa shape index (κ3) is 2.84. The smallest absolute Gasteiger partial charge is 0.290 e. The average molecular weight is 314 g/mol. The monoisotopic (exact) mass is 314 g/mol. The number of nitrogens with two attached hydrogens (primary N) is 1. The molecule has 0 aliphatic carbocycles. The highest BCUT2D eigenvalue weighted by molar-refractivity contribution is 8.18. The quantitative estimate of drug-likeness (QED) is 0.847. The van der Waals surface area contributed by atoms with Crippen LogP contribution in [0.1, 0.15) is 5.56 Å². The van der Waals surface area contributed by atoms with Gasteiger partial charge in [0, 0.05) is 11.9 Å².